The molecule has 0 aromatic rings. The normalized spacial score (nSPS) is 48.6. The van der Waals surface area contributed by atoms with Crippen molar-refractivity contribution >= 4 is 8.32 Å². The van der Waals surface area contributed by atoms with Gasteiger partial charge in [0.25, 0.3) is 0 Å². The molecular weight excluding hydrogens is 200 g/mol. The van der Waals surface area contributed by atoms with E-state index in [1.807, 2.05) is 7.11 Å². The topological polar surface area (TPSA) is 9.23 Å². The molecule has 0 aromatic carbocycles. The van der Waals surface area contributed by atoms with Gasteiger partial charge in [-0.1, -0.05) is 6.42 Å². The van der Waals surface area contributed by atoms with Crippen LogP contribution in [0.5, 0.6) is 0 Å². The highest BCUT2D eigenvalue weighted by Crippen LogP contribution is 2.65. The summed E-state index contributed by atoms with van der Waals surface area (Å²) in [4.78, 5) is 0. The molecule has 5 atom stereocenters. The summed E-state index contributed by atoms with van der Waals surface area (Å²) in [6, 6.07) is 0. The highest BCUT2D eigenvalue weighted by molar-refractivity contribution is 6.72. The molecule has 3 saturated carbocycles. The van der Waals surface area contributed by atoms with E-state index in [2.05, 4.69) is 13.1 Å². The van der Waals surface area contributed by atoms with Crippen molar-refractivity contribution in [1.82, 2.24) is 0 Å². The standard InChI is InChI=1S/C13H24OSi/c1-14-15(2,3)13-8-9-7-12(13)11-6-4-5-10(9)11/h9-13H,4-8H2,1-3H3. The van der Waals surface area contributed by atoms with Crippen LogP contribution in [0.1, 0.15) is 32.1 Å². The Labute approximate surface area is 94.7 Å². The summed E-state index contributed by atoms with van der Waals surface area (Å²) in [5.74, 6) is 4.39. The maximum Gasteiger partial charge on any atom is 0.189 e. The van der Waals surface area contributed by atoms with Crippen molar-refractivity contribution in [2.24, 2.45) is 23.7 Å². The first-order valence-electron chi connectivity index (χ1n) is 6.68. The predicted molar refractivity (Wildman–Crippen MR) is 65.3 cm³/mol. The first kappa shape index (κ1) is 10.3. The molecule has 0 aromatic heterocycles. The lowest BCUT2D eigenvalue weighted by Crippen LogP contribution is -2.40. The molecule has 86 valence electrons. The average molecular weight is 224 g/mol. The van der Waals surface area contributed by atoms with Crippen LogP contribution >= 0.6 is 0 Å². The van der Waals surface area contributed by atoms with Crippen LogP contribution in [0.3, 0.4) is 0 Å². The average Bonchev–Trinajstić information content (AvgIpc) is 2.89. The van der Waals surface area contributed by atoms with Gasteiger partial charge in [0.1, 0.15) is 0 Å². The van der Waals surface area contributed by atoms with Gasteiger partial charge in [-0.15, -0.1) is 0 Å². The zero-order valence-corrected chi connectivity index (χ0v) is 11.3. The lowest BCUT2D eigenvalue weighted by Gasteiger charge is -2.39. The summed E-state index contributed by atoms with van der Waals surface area (Å²) >= 11 is 0. The van der Waals surface area contributed by atoms with Crippen LogP contribution in [-0.4, -0.2) is 15.4 Å². The quantitative estimate of drug-likeness (QED) is 0.650. The molecule has 0 saturated heterocycles. The zero-order chi connectivity index (χ0) is 10.6. The Kier molecular flexibility index (Phi) is 2.30. The van der Waals surface area contributed by atoms with Crippen molar-refractivity contribution in [2.45, 2.75) is 50.7 Å². The summed E-state index contributed by atoms with van der Waals surface area (Å²) in [5.41, 5.74) is 0.979. The van der Waals surface area contributed by atoms with E-state index >= 15 is 0 Å². The molecule has 5 unspecified atom stereocenters. The van der Waals surface area contributed by atoms with Crippen molar-refractivity contribution < 1.29 is 4.43 Å². The molecule has 15 heavy (non-hydrogen) atoms. The Bertz CT molecular complexity index is 263. The Morgan fingerprint density at radius 2 is 1.73 bits per heavy atom. The first-order chi connectivity index (χ1) is 7.13. The van der Waals surface area contributed by atoms with Gasteiger partial charge in [0.2, 0.25) is 0 Å². The van der Waals surface area contributed by atoms with Crippen LogP contribution < -0.4 is 0 Å². The van der Waals surface area contributed by atoms with Gasteiger partial charge in [-0.2, -0.15) is 0 Å². The number of hydrogen-bond acceptors (Lipinski definition) is 1. The monoisotopic (exact) mass is 224 g/mol. The third-order valence-corrected chi connectivity index (χ3v) is 9.35. The molecule has 0 spiro atoms. The lowest BCUT2D eigenvalue weighted by atomic mass is 9.81. The van der Waals surface area contributed by atoms with Gasteiger partial charge in [0, 0.05) is 7.11 Å². The fourth-order valence-electron chi connectivity index (χ4n) is 5.02. The molecule has 3 aliphatic carbocycles. The second kappa shape index (κ2) is 3.33. The maximum absolute atomic E-state index is 5.86. The van der Waals surface area contributed by atoms with Crippen molar-refractivity contribution in [3.8, 4) is 0 Å². The SMILES string of the molecule is CO[Si](C)(C)C1CC2CC1C1CCCC21. The summed E-state index contributed by atoms with van der Waals surface area (Å²) in [6.45, 7) is 4.87. The first-order valence-corrected chi connectivity index (χ1v) is 9.67. The number of rotatable bonds is 2. The summed E-state index contributed by atoms with van der Waals surface area (Å²) in [7, 11) is 0.591. The lowest BCUT2D eigenvalue weighted by molar-refractivity contribution is 0.239. The molecule has 0 amide bonds. The Hall–Kier alpha value is 0.177. The minimum absolute atomic E-state index is 0.979. The van der Waals surface area contributed by atoms with E-state index in [0.29, 0.717) is 0 Å². The van der Waals surface area contributed by atoms with Crippen LogP contribution in [0.25, 0.3) is 0 Å². The van der Waals surface area contributed by atoms with E-state index in [4.69, 9.17) is 4.43 Å². The fourth-order valence-corrected chi connectivity index (χ4v) is 7.61. The third-order valence-electron chi connectivity index (χ3n) is 5.85. The zero-order valence-electron chi connectivity index (χ0n) is 10.3. The Morgan fingerprint density at radius 1 is 1.00 bits per heavy atom. The summed E-state index contributed by atoms with van der Waals surface area (Å²) in [6.07, 6.45) is 7.67. The van der Waals surface area contributed by atoms with E-state index in [-0.39, 0.29) is 0 Å². The van der Waals surface area contributed by atoms with E-state index in [1.165, 1.54) is 19.3 Å². The maximum atomic E-state index is 5.86. The molecule has 0 radical (unpaired) electrons. The van der Waals surface area contributed by atoms with Gasteiger partial charge in [0.15, 0.2) is 8.32 Å². The second-order valence-electron chi connectivity index (χ2n) is 6.57. The van der Waals surface area contributed by atoms with E-state index in [1.54, 1.807) is 12.8 Å². The highest BCUT2D eigenvalue weighted by Gasteiger charge is 2.57. The molecule has 2 bridgehead atoms. The smallest absolute Gasteiger partial charge is 0.189 e. The Balaban J connectivity index is 1.81. The van der Waals surface area contributed by atoms with Crippen molar-refractivity contribution in [3.63, 3.8) is 0 Å². The van der Waals surface area contributed by atoms with Gasteiger partial charge in [-0.25, -0.2) is 0 Å². The van der Waals surface area contributed by atoms with Crippen molar-refractivity contribution in [1.29, 1.82) is 0 Å². The van der Waals surface area contributed by atoms with Gasteiger partial charge < -0.3 is 4.43 Å². The van der Waals surface area contributed by atoms with Crippen LogP contribution in [0.2, 0.25) is 18.6 Å². The van der Waals surface area contributed by atoms with Gasteiger partial charge in [0.05, 0.1) is 0 Å². The van der Waals surface area contributed by atoms with Gasteiger partial charge in [-0.05, 0) is 68.0 Å². The number of hydrogen-bond donors (Lipinski definition) is 0. The largest absolute Gasteiger partial charge is 0.420 e. The molecular formula is C13H24OSi. The molecule has 3 fully saturated rings. The van der Waals surface area contributed by atoms with Crippen molar-refractivity contribution in [2.75, 3.05) is 7.11 Å². The minimum atomic E-state index is -1.36. The van der Waals surface area contributed by atoms with E-state index in [0.717, 1.165) is 29.2 Å². The molecule has 3 rings (SSSR count). The fraction of sp³-hybridized carbons (Fsp3) is 1.00. The molecule has 0 N–H and O–H groups in total. The van der Waals surface area contributed by atoms with Crippen LogP contribution in [0, 0.1) is 23.7 Å². The summed E-state index contributed by atoms with van der Waals surface area (Å²) < 4.78 is 5.86. The van der Waals surface area contributed by atoms with Crippen molar-refractivity contribution in [3.05, 3.63) is 0 Å². The van der Waals surface area contributed by atoms with E-state index in [9.17, 15) is 0 Å². The van der Waals surface area contributed by atoms with E-state index < -0.39 is 8.32 Å². The predicted octanol–water partition coefficient (Wildman–Crippen LogP) is 3.66. The van der Waals surface area contributed by atoms with Crippen LogP contribution in [0.4, 0.5) is 0 Å². The molecule has 2 heteroatoms. The molecule has 3 aliphatic rings. The number of fused-ring (bicyclic) bond motifs is 5. The second-order valence-corrected chi connectivity index (χ2v) is 10.9. The molecule has 0 heterocycles. The highest BCUT2D eigenvalue weighted by atomic mass is 28.4. The summed E-state index contributed by atoms with van der Waals surface area (Å²) in [5, 5.41) is 0. The Morgan fingerprint density at radius 3 is 2.47 bits per heavy atom. The van der Waals surface area contributed by atoms with Crippen LogP contribution in [0.15, 0.2) is 0 Å². The molecule has 1 nitrogen and oxygen atoms in total. The minimum Gasteiger partial charge on any atom is -0.420 e. The van der Waals surface area contributed by atoms with Gasteiger partial charge in [-0.3, -0.25) is 0 Å². The van der Waals surface area contributed by atoms with Gasteiger partial charge >= 0.3 is 0 Å². The third kappa shape index (κ3) is 1.37. The van der Waals surface area contributed by atoms with Crippen LogP contribution in [-0.2, 0) is 4.43 Å². The molecule has 0 aliphatic heterocycles.